The quantitative estimate of drug-likeness (QED) is 0.819. The number of aryl methyl sites for hydroxylation is 1. The third-order valence-corrected chi connectivity index (χ3v) is 4.29. The predicted octanol–water partition coefficient (Wildman–Crippen LogP) is 0.318. The predicted molar refractivity (Wildman–Crippen MR) is 92.6 cm³/mol. The molecule has 0 unspecified atom stereocenters. The highest BCUT2D eigenvalue weighted by atomic mass is 16.6. The Labute approximate surface area is 147 Å². The molecule has 0 bridgehead atoms. The van der Waals surface area contributed by atoms with Crippen LogP contribution >= 0.6 is 0 Å². The van der Waals surface area contributed by atoms with Crippen LogP contribution in [-0.4, -0.2) is 84.2 Å². The van der Waals surface area contributed by atoms with Crippen LogP contribution in [0.1, 0.15) is 12.6 Å². The van der Waals surface area contributed by atoms with Crippen molar-refractivity contribution in [3.8, 4) is 0 Å². The van der Waals surface area contributed by atoms with Gasteiger partial charge in [-0.3, -0.25) is 9.69 Å². The van der Waals surface area contributed by atoms with Gasteiger partial charge in [0, 0.05) is 44.5 Å². The summed E-state index contributed by atoms with van der Waals surface area (Å²) in [5.41, 5.74) is 0.909. The Morgan fingerprint density at radius 3 is 2.64 bits per heavy atom. The second-order valence-corrected chi connectivity index (χ2v) is 6.13. The number of nitrogens with zero attached hydrogens (tertiary/aromatic N) is 5. The van der Waals surface area contributed by atoms with E-state index in [9.17, 15) is 9.59 Å². The van der Waals surface area contributed by atoms with Crippen LogP contribution in [-0.2, 0) is 9.53 Å². The maximum Gasteiger partial charge on any atom is 0.410 e. The smallest absolute Gasteiger partial charge is 0.410 e. The number of cyclic esters (lactones) is 1. The molecule has 2 fully saturated rings. The van der Waals surface area contributed by atoms with Gasteiger partial charge in [-0.2, -0.15) is 4.98 Å². The van der Waals surface area contributed by atoms with Crippen LogP contribution in [0.25, 0.3) is 0 Å². The van der Waals surface area contributed by atoms with Crippen LogP contribution in [0.15, 0.2) is 6.07 Å². The molecule has 0 atom stereocenters. The van der Waals surface area contributed by atoms with Gasteiger partial charge in [-0.1, -0.05) is 0 Å². The molecule has 0 aliphatic carbocycles. The van der Waals surface area contributed by atoms with Gasteiger partial charge in [0.25, 0.3) is 0 Å². The molecule has 0 radical (unpaired) electrons. The number of carbonyl (C=O) groups is 2. The number of rotatable bonds is 5. The van der Waals surface area contributed by atoms with E-state index < -0.39 is 6.09 Å². The Balaban J connectivity index is 1.56. The molecule has 25 heavy (non-hydrogen) atoms. The van der Waals surface area contributed by atoms with Gasteiger partial charge in [-0.15, -0.1) is 0 Å². The summed E-state index contributed by atoms with van der Waals surface area (Å²) in [6, 6.07) is 1.92. The summed E-state index contributed by atoms with van der Waals surface area (Å²) in [4.78, 5) is 38.2. The van der Waals surface area contributed by atoms with Gasteiger partial charge in [0.05, 0.1) is 6.54 Å². The van der Waals surface area contributed by atoms with Crippen LogP contribution < -0.4 is 10.2 Å². The Kier molecular flexibility index (Phi) is 5.20. The van der Waals surface area contributed by atoms with Crippen molar-refractivity contribution < 1.29 is 14.3 Å². The number of aromatic nitrogens is 2. The first-order valence-electron chi connectivity index (χ1n) is 8.61. The van der Waals surface area contributed by atoms with Crippen LogP contribution in [0.3, 0.4) is 0 Å². The summed E-state index contributed by atoms with van der Waals surface area (Å²) in [5.74, 6) is 1.46. The number of anilines is 2. The highest BCUT2D eigenvalue weighted by Crippen LogP contribution is 2.16. The van der Waals surface area contributed by atoms with Gasteiger partial charge in [0.1, 0.15) is 19.0 Å². The summed E-state index contributed by atoms with van der Waals surface area (Å²) >= 11 is 0. The van der Waals surface area contributed by atoms with Crippen LogP contribution in [0.4, 0.5) is 16.6 Å². The lowest BCUT2D eigenvalue weighted by atomic mass is 10.3. The monoisotopic (exact) mass is 348 g/mol. The minimum absolute atomic E-state index is 0.0444. The molecule has 2 aliphatic heterocycles. The van der Waals surface area contributed by atoms with Crippen molar-refractivity contribution in [2.45, 2.75) is 13.8 Å². The fraction of sp³-hybridized carbons (Fsp3) is 0.625. The molecule has 0 saturated carbocycles. The Bertz CT molecular complexity index is 645. The van der Waals surface area contributed by atoms with E-state index in [2.05, 4.69) is 20.2 Å². The summed E-state index contributed by atoms with van der Waals surface area (Å²) in [6.45, 7) is 8.23. The summed E-state index contributed by atoms with van der Waals surface area (Å²) in [7, 11) is 0. The molecule has 3 heterocycles. The molecule has 2 saturated heterocycles. The number of ether oxygens (including phenoxy) is 1. The normalized spacial score (nSPS) is 17.7. The van der Waals surface area contributed by atoms with E-state index in [1.165, 1.54) is 4.90 Å². The van der Waals surface area contributed by atoms with E-state index in [4.69, 9.17) is 4.74 Å². The van der Waals surface area contributed by atoms with E-state index in [1.807, 2.05) is 19.9 Å². The highest BCUT2D eigenvalue weighted by molar-refractivity contribution is 5.83. The minimum atomic E-state index is -0.406. The van der Waals surface area contributed by atoms with E-state index in [0.717, 1.165) is 18.1 Å². The standard InChI is InChI=1S/C16H24N6O3/c1-3-17-13-10-12(2)18-15(19-13)21-6-4-20(5-7-21)14(23)11-22-8-9-25-16(22)24/h10H,3-9,11H2,1-2H3,(H,17,18,19). The molecule has 1 aromatic heterocycles. The maximum absolute atomic E-state index is 12.4. The average Bonchev–Trinajstić information content (AvgIpc) is 2.99. The number of amides is 2. The van der Waals surface area contributed by atoms with Crippen LogP contribution in [0.5, 0.6) is 0 Å². The molecule has 0 aromatic carbocycles. The zero-order chi connectivity index (χ0) is 17.8. The zero-order valence-electron chi connectivity index (χ0n) is 14.7. The third-order valence-electron chi connectivity index (χ3n) is 4.29. The van der Waals surface area contributed by atoms with Crippen molar-refractivity contribution in [1.29, 1.82) is 0 Å². The van der Waals surface area contributed by atoms with Gasteiger partial charge in [0.15, 0.2) is 0 Å². The fourth-order valence-electron chi connectivity index (χ4n) is 2.95. The Morgan fingerprint density at radius 1 is 1.24 bits per heavy atom. The molecule has 2 amide bonds. The van der Waals surface area contributed by atoms with Crippen LogP contribution in [0, 0.1) is 6.92 Å². The van der Waals surface area contributed by atoms with Crippen molar-refractivity contribution in [1.82, 2.24) is 19.8 Å². The van der Waals surface area contributed by atoms with E-state index >= 15 is 0 Å². The highest BCUT2D eigenvalue weighted by Gasteiger charge is 2.28. The van der Waals surface area contributed by atoms with Gasteiger partial charge >= 0.3 is 6.09 Å². The largest absolute Gasteiger partial charge is 0.448 e. The minimum Gasteiger partial charge on any atom is -0.448 e. The number of hydrogen-bond acceptors (Lipinski definition) is 7. The van der Waals surface area contributed by atoms with E-state index in [0.29, 0.717) is 45.3 Å². The lowest BCUT2D eigenvalue weighted by molar-refractivity contribution is -0.132. The van der Waals surface area contributed by atoms with Crippen molar-refractivity contribution >= 4 is 23.8 Å². The maximum atomic E-state index is 12.4. The number of hydrogen-bond donors (Lipinski definition) is 1. The van der Waals surface area contributed by atoms with Crippen molar-refractivity contribution in [3.05, 3.63) is 11.8 Å². The molecule has 2 aliphatic rings. The van der Waals surface area contributed by atoms with Crippen molar-refractivity contribution in [3.63, 3.8) is 0 Å². The zero-order valence-corrected chi connectivity index (χ0v) is 14.7. The molecular formula is C16H24N6O3. The van der Waals surface area contributed by atoms with Crippen molar-refractivity contribution in [2.75, 3.05) is 62.6 Å². The molecule has 1 aromatic rings. The first-order chi connectivity index (χ1) is 12.1. The lowest BCUT2D eigenvalue weighted by Crippen LogP contribution is -2.51. The fourth-order valence-corrected chi connectivity index (χ4v) is 2.95. The van der Waals surface area contributed by atoms with Gasteiger partial charge < -0.3 is 19.9 Å². The number of piperazine rings is 1. The molecule has 3 rings (SSSR count). The molecule has 136 valence electrons. The number of nitrogens with one attached hydrogen (secondary N) is 1. The topological polar surface area (TPSA) is 90.9 Å². The lowest BCUT2D eigenvalue weighted by Gasteiger charge is -2.35. The Hall–Kier alpha value is -2.58. The average molecular weight is 348 g/mol. The van der Waals surface area contributed by atoms with E-state index in [-0.39, 0.29) is 12.5 Å². The summed E-state index contributed by atoms with van der Waals surface area (Å²) in [6.07, 6.45) is -0.406. The first-order valence-corrected chi connectivity index (χ1v) is 8.61. The van der Waals surface area contributed by atoms with Crippen LogP contribution in [0.2, 0.25) is 0 Å². The first kappa shape index (κ1) is 17.2. The van der Waals surface area contributed by atoms with Gasteiger partial charge in [0.2, 0.25) is 11.9 Å². The second kappa shape index (κ2) is 7.54. The summed E-state index contributed by atoms with van der Waals surface area (Å²) in [5, 5.41) is 3.21. The second-order valence-electron chi connectivity index (χ2n) is 6.13. The molecule has 0 spiro atoms. The SMILES string of the molecule is CCNc1cc(C)nc(N2CCN(C(=O)CN3CCOC3=O)CC2)n1. The van der Waals surface area contributed by atoms with Gasteiger partial charge in [-0.25, -0.2) is 9.78 Å². The molecular weight excluding hydrogens is 324 g/mol. The van der Waals surface area contributed by atoms with Gasteiger partial charge in [-0.05, 0) is 13.8 Å². The van der Waals surface area contributed by atoms with Crippen molar-refractivity contribution in [2.24, 2.45) is 0 Å². The molecule has 9 nitrogen and oxygen atoms in total. The molecule has 9 heteroatoms. The molecule has 1 N–H and O–H groups in total. The third kappa shape index (κ3) is 4.09. The number of carbonyl (C=O) groups excluding carboxylic acids is 2. The summed E-state index contributed by atoms with van der Waals surface area (Å²) < 4.78 is 4.86. The van der Waals surface area contributed by atoms with E-state index in [1.54, 1.807) is 4.90 Å². The Morgan fingerprint density at radius 2 is 2.00 bits per heavy atom.